The molecule has 1 aromatic rings. The van der Waals surface area contributed by atoms with Crippen LogP contribution in [0.15, 0.2) is 47.4 Å². The van der Waals surface area contributed by atoms with E-state index in [0.29, 0.717) is 74.7 Å². The third-order valence-electron chi connectivity index (χ3n) is 8.99. The van der Waals surface area contributed by atoms with E-state index in [1.165, 1.54) is 13.2 Å². The largest absolute Gasteiger partial charge is 0.453 e. The fraction of sp³-hybridized carbons (Fsp3) is 0.600. The van der Waals surface area contributed by atoms with Crippen molar-refractivity contribution in [3.8, 4) is 0 Å². The third-order valence-corrected chi connectivity index (χ3v) is 11.2. The number of benzene rings is 1. The van der Waals surface area contributed by atoms with Crippen LogP contribution in [0.1, 0.15) is 56.4 Å². The first kappa shape index (κ1) is 31.9. The van der Waals surface area contributed by atoms with Crippen LogP contribution >= 0.6 is 11.6 Å². The molecule has 3 fully saturated rings. The van der Waals surface area contributed by atoms with Crippen LogP contribution in [0.5, 0.6) is 0 Å². The lowest BCUT2D eigenvalue weighted by Gasteiger charge is -2.37. The van der Waals surface area contributed by atoms with Crippen LogP contribution in [0, 0.1) is 5.92 Å². The summed E-state index contributed by atoms with van der Waals surface area (Å²) in [6.07, 6.45) is 4.35. The predicted molar refractivity (Wildman–Crippen MR) is 161 cm³/mol. The van der Waals surface area contributed by atoms with Crippen molar-refractivity contribution in [2.24, 2.45) is 5.92 Å². The second kappa shape index (κ2) is 14.1. The van der Waals surface area contributed by atoms with Gasteiger partial charge in [0.25, 0.3) is 0 Å². The minimum absolute atomic E-state index is 0.0188. The number of nitrogens with one attached hydrogen (secondary N) is 3. The number of halogens is 2. The van der Waals surface area contributed by atoms with E-state index in [-0.39, 0.29) is 36.0 Å². The van der Waals surface area contributed by atoms with Crippen LogP contribution < -0.4 is 16.0 Å². The highest BCUT2D eigenvalue weighted by Crippen LogP contribution is 2.37. The van der Waals surface area contributed by atoms with E-state index in [2.05, 4.69) is 16.0 Å². The highest BCUT2D eigenvalue weighted by molar-refractivity contribution is 7.89. The van der Waals surface area contributed by atoms with E-state index in [1.807, 2.05) is 12.1 Å². The van der Waals surface area contributed by atoms with Gasteiger partial charge in [-0.2, -0.15) is 4.31 Å². The second-order valence-corrected chi connectivity index (χ2v) is 14.2. The molecule has 3 heterocycles. The van der Waals surface area contributed by atoms with Gasteiger partial charge in [-0.1, -0.05) is 23.7 Å². The molecule has 0 aromatic heterocycles. The molecule has 236 valence electrons. The molecule has 2 unspecified atom stereocenters. The summed E-state index contributed by atoms with van der Waals surface area (Å²) in [5.41, 5.74) is 1.87. The van der Waals surface area contributed by atoms with Crippen molar-refractivity contribution in [1.29, 1.82) is 0 Å². The van der Waals surface area contributed by atoms with Crippen LogP contribution in [0.25, 0.3) is 0 Å². The number of piperazine rings is 1. The lowest BCUT2D eigenvalue weighted by molar-refractivity contribution is -0.123. The fourth-order valence-corrected chi connectivity index (χ4v) is 8.69. The maximum absolute atomic E-state index is 14.7. The van der Waals surface area contributed by atoms with Crippen molar-refractivity contribution in [3.63, 3.8) is 0 Å². The molecule has 13 heteroatoms. The number of carbonyl (C=O) groups excluding carboxylic acids is 2. The maximum atomic E-state index is 14.7. The number of carbonyl (C=O) groups is 2. The lowest BCUT2D eigenvalue weighted by Crippen LogP contribution is -2.57. The molecule has 2 bridgehead atoms. The normalized spacial score (nSPS) is 27.0. The van der Waals surface area contributed by atoms with Crippen LogP contribution in [-0.4, -0.2) is 82.0 Å². The second-order valence-electron chi connectivity index (χ2n) is 11.7. The molecule has 0 spiro atoms. The topological polar surface area (TPSA) is 126 Å². The average Bonchev–Trinajstić information content (AvgIpc) is 3.29. The van der Waals surface area contributed by atoms with Crippen LogP contribution in [-0.2, 0) is 24.3 Å². The van der Waals surface area contributed by atoms with Crippen LogP contribution in [0.3, 0.4) is 0 Å². The number of amides is 2. The molecule has 4 aliphatic rings. The first-order valence-corrected chi connectivity index (χ1v) is 16.9. The minimum Gasteiger partial charge on any atom is -0.453 e. The summed E-state index contributed by atoms with van der Waals surface area (Å²) in [5.74, 6) is -1.14. The van der Waals surface area contributed by atoms with Gasteiger partial charge in [0.2, 0.25) is 15.9 Å². The zero-order chi connectivity index (χ0) is 30.6. The van der Waals surface area contributed by atoms with Gasteiger partial charge in [0.1, 0.15) is 11.9 Å². The van der Waals surface area contributed by atoms with E-state index in [0.717, 1.165) is 12.0 Å². The number of hydrogen-bond donors (Lipinski definition) is 3. The van der Waals surface area contributed by atoms with Gasteiger partial charge in [-0.3, -0.25) is 4.79 Å². The Morgan fingerprint density at radius 3 is 2.67 bits per heavy atom. The van der Waals surface area contributed by atoms with Gasteiger partial charge in [-0.25, -0.2) is 17.6 Å². The molecule has 3 saturated heterocycles. The maximum Gasteiger partial charge on any atom is 0.407 e. The zero-order valence-electron chi connectivity index (χ0n) is 24.3. The molecule has 10 nitrogen and oxygen atoms in total. The molecule has 0 saturated carbocycles. The quantitative estimate of drug-likeness (QED) is 0.376. The van der Waals surface area contributed by atoms with Crippen molar-refractivity contribution < 1.29 is 31.9 Å². The molecule has 43 heavy (non-hydrogen) atoms. The Bertz CT molecular complexity index is 1350. The van der Waals surface area contributed by atoms with Crippen molar-refractivity contribution in [2.45, 2.75) is 69.0 Å². The number of allylic oxidation sites excluding steroid dienone is 3. The minimum atomic E-state index is -3.35. The third kappa shape index (κ3) is 7.78. The summed E-state index contributed by atoms with van der Waals surface area (Å²) >= 11 is 6.15. The first-order valence-electron chi connectivity index (χ1n) is 14.9. The predicted octanol–water partition coefficient (Wildman–Crippen LogP) is 3.75. The van der Waals surface area contributed by atoms with Gasteiger partial charge in [0.15, 0.2) is 0 Å². The Morgan fingerprint density at radius 1 is 1.21 bits per heavy atom. The molecule has 5 atom stereocenters. The van der Waals surface area contributed by atoms with Crippen molar-refractivity contribution in [2.75, 3.05) is 39.2 Å². The number of rotatable bonds is 9. The molecule has 1 aromatic carbocycles. The summed E-state index contributed by atoms with van der Waals surface area (Å²) in [4.78, 5) is 26.5. The smallest absolute Gasteiger partial charge is 0.407 e. The number of alkyl carbamates (subject to hydrolysis) is 1. The van der Waals surface area contributed by atoms with Gasteiger partial charge in [-0.05, 0) is 73.8 Å². The van der Waals surface area contributed by atoms with E-state index in [1.54, 1.807) is 16.4 Å². The molecule has 5 rings (SSSR count). The van der Waals surface area contributed by atoms with E-state index in [9.17, 15) is 22.4 Å². The number of hydrogen-bond acceptors (Lipinski definition) is 7. The van der Waals surface area contributed by atoms with Crippen LogP contribution in [0.4, 0.5) is 9.18 Å². The lowest BCUT2D eigenvalue weighted by atomic mass is 9.76. The average molecular weight is 639 g/mol. The van der Waals surface area contributed by atoms with Gasteiger partial charge in [-0.15, -0.1) is 0 Å². The Kier molecular flexibility index (Phi) is 10.4. The molecule has 0 radical (unpaired) electrons. The molecule has 3 N–H and O–H groups in total. The van der Waals surface area contributed by atoms with Crippen molar-refractivity contribution in [3.05, 3.63) is 58.0 Å². The van der Waals surface area contributed by atoms with Crippen molar-refractivity contribution >= 4 is 33.6 Å². The summed E-state index contributed by atoms with van der Waals surface area (Å²) in [5, 5.41) is 9.64. The SMILES string of the molecule is COC(=O)N[C@H](C(=O)NC1=C(CC[C@H]2CN[C@@H]3CCCS(=O)(=O)N2C3)CC(F)=C1)C(c1ccc(Cl)cc1)C1CCOCC1. The number of methoxy groups -OCH3 is 1. The summed E-state index contributed by atoms with van der Waals surface area (Å²) in [6.45, 7) is 2.05. The molecule has 2 amide bonds. The zero-order valence-corrected chi connectivity index (χ0v) is 25.9. The first-order chi connectivity index (χ1) is 20.6. The molecule has 1 aliphatic carbocycles. The van der Waals surface area contributed by atoms with Gasteiger partial charge < -0.3 is 25.4 Å². The van der Waals surface area contributed by atoms with Crippen molar-refractivity contribution in [1.82, 2.24) is 20.3 Å². The summed E-state index contributed by atoms with van der Waals surface area (Å²) in [7, 11) is -2.12. The highest BCUT2D eigenvalue weighted by Gasteiger charge is 2.40. The Hall–Kier alpha value is -2.51. The molecule has 3 aliphatic heterocycles. The molecular formula is C30H40ClFN4O6S. The van der Waals surface area contributed by atoms with E-state index in [4.69, 9.17) is 21.1 Å². The Labute approximate surface area is 257 Å². The summed E-state index contributed by atoms with van der Waals surface area (Å²) in [6, 6.07) is 6.07. The number of ether oxygens (including phenoxy) is 2. The van der Waals surface area contributed by atoms with Crippen LogP contribution in [0.2, 0.25) is 5.02 Å². The van der Waals surface area contributed by atoms with Gasteiger partial charge in [0, 0.05) is 61.4 Å². The fourth-order valence-electron chi connectivity index (χ4n) is 6.75. The Morgan fingerprint density at radius 2 is 1.95 bits per heavy atom. The van der Waals surface area contributed by atoms with E-state index < -0.39 is 34.0 Å². The van der Waals surface area contributed by atoms with E-state index >= 15 is 0 Å². The number of fused-ring (bicyclic) bond motifs is 2. The monoisotopic (exact) mass is 638 g/mol. The Balaban J connectivity index is 1.37. The summed E-state index contributed by atoms with van der Waals surface area (Å²) < 4.78 is 52.5. The highest BCUT2D eigenvalue weighted by atomic mass is 35.5. The van der Waals surface area contributed by atoms with Gasteiger partial charge >= 0.3 is 6.09 Å². The van der Waals surface area contributed by atoms with Gasteiger partial charge in [0.05, 0.1) is 12.9 Å². The number of nitrogens with zero attached hydrogens (tertiary/aromatic N) is 1. The standard InChI is InChI=1S/C30H40ClFN4O6S/c1-41-30(38)35-28(27(20-10-12-42-13-11-20)19-4-7-22(31)8-5-19)29(37)34-26-16-23(32)15-21(26)6-9-25-17-33-24-3-2-14-43(39,40)36(25)18-24/h4-5,7-8,16,20,24-25,27-28,33H,2-3,6,9-15,17-18H2,1H3,(H,34,37)(H,35,38)/t24-,25+,27?,28+/m1/s1. The number of sulfonamides is 1. The molecular weight excluding hydrogens is 599 g/mol.